The van der Waals surface area contributed by atoms with Crippen molar-refractivity contribution in [3.8, 4) is 22.8 Å². The smallest absolute Gasteiger partial charge is 0.364 e. The molecule has 2 N–H and O–H groups in total. The molecule has 0 amide bonds. The summed E-state index contributed by atoms with van der Waals surface area (Å²) in [5.41, 5.74) is 3.96. The van der Waals surface area contributed by atoms with Crippen LogP contribution in [-0.4, -0.2) is 10.2 Å². The van der Waals surface area contributed by atoms with Crippen molar-refractivity contribution in [2.45, 2.75) is 12.8 Å². The van der Waals surface area contributed by atoms with Crippen LogP contribution in [0.5, 0.6) is 11.5 Å². The fraction of sp³-hybridized carbons (Fsp3) is 0.118. The fourth-order valence-corrected chi connectivity index (χ4v) is 2.85. The van der Waals surface area contributed by atoms with E-state index >= 15 is 0 Å². The first-order chi connectivity index (χ1) is 9.70. The van der Waals surface area contributed by atoms with E-state index in [0.29, 0.717) is 5.58 Å². The van der Waals surface area contributed by atoms with E-state index < -0.39 is 0 Å². The molecule has 1 heterocycles. The number of aromatic hydroxyl groups is 2. The van der Waals surface area contributed by atoms with E-state index in [-0.39, 0.29) is 11.5 Å². The zero-order valence-electron chi connectivity index (χ0n) is 10.8. The van der Waals surface area contributed by atoms with Crippen molar-refractivity contribution in [2.75, 3.05) is 0 Å². The maximum Gasteiger partial charge on any atom is 0.364 e. The van der Waals surface area contributed by atoms with Gasteiger partial charge in [0.15, 0.2) is 0 Å². The minimum Gasteiger partial charge on any atom is -0.508 e. The number of phenolic OH excluding ortho intramolecular Hbond substituents is 2. The Morgan fingerprint density at radius 2 is 1.55 bits per heavy atom. The average molecular weight is 265 g/mol. The Hall–Kier alpha value is -2.55. The summed E-state index contributed by atoms with van der Waals surface area (Å²) >= 11 is 0. The van der Waals surface area contributed by atoms with Crippen LogP contribution in [0, 0.1) is 0 Å². The summed E-state index contributed by atoms with van der Waals surface area (Å²) in [6, 6.07) is 12.6. The Morgan fingerprint density at radius 1 is 0.800 bits per heavy atom. The zero-order chi connectivity index (χ0) is 13.7. The average Bonchev–Trinajstić information content (AvgIpc) is 2.44. The minimum atomic E-state index is 0.197. The van der Waals surface area contributed by atoms with Crippen LogP contribution in [-0.2, 0) is 12.8 Å². The zero-order valence-corrected chi connectivity index (χ0v) is 10.8. The van der Waals surface area contributed by atoms with Gasteiger partial charge in [-0.3, -0.25) is 0 Å². The van der Waals surface area contributed by atoms with Gasteiger partial charge in [0.25, 0.3) is 0 Å². The number of hydrogen-bond donors (Lipinski definition) is 2. The Morgan fingerprint density at radius 3 is 2.45 bits per heavy atom. The largest absolute Gasteiger partial charge is 0.508 e. The van der Waals surface area contributed by atoms with Crippen molar-refractivity contribution >= 4 is 11.0 Å². The predicted molar refractivity (Wildman–Crippen MR) is 76.8 cm³/mol. The van der Waals surface area contributed by atoms with Crippen molar-refractivity contribution in [3.63, 3.8) is 0 Å². The Kier molecular flexibility index (Phi) is 2.24. The molecule has 0 unspecified atom stereocenters. The molecule has 0 saturated carbocycles. The molecule has 20 heavy (non-hydrogen) atoms. The van der Waals surface area contributed by atoms with Crippen molar-refractivity contribution in [3.05, 3.63) is 53.6 Å². The van der Waals surface area contributed by atoms with Crippen LogP contribution >= 0.6 is 0 Å². The number of hydrogen-bond acceptors (Lipinski definition) is 2. The summed E-state index contributed by atoms with van der Waals surface area (Å²) in [6.07, 6.45) is 1.79. The SMILES string of the molecule is Oc1ccc2c(c1)CCc1cc3ccc(O)cc3[o+]c1-2. The van der Waals surface area contributed by atoms with Crippen LogP contribution in [0.4, 0.5) is 0 Å². The van der Waals surface area contributed by atoms with Gasteiger partial charge in [0.1, 0.15) is 11.5 Å². The summed E-state index contributed by atoms with van der Waals surface area (Å²) in [5, 5.41) is 20.1. The van der Waals surface area contributed by atoms with Crippen LogP contribution in [0.3, 0.4) is 0 Å². The molecule has 0 fully saturated rings. The number of rotatable bonds is 0. The van der Waals surface area contributed by atoms with Crippen LogP contribution in [0.1, 0.15) is 11.1 Å². The third-order valence-corrected chi connectivity index (χ3v) is 3.83. The maximum atomic E-state index is 9.58. The highest BCUT2D eigenvalue weighted by molar-refractivity contribution is 5.83. The summed E-state index contributed by atoms with van der Waals surface area (Å²) in [4.78, 5) is 0. The Balaban J connectivity index is 2.01. The molecular weight excluding hydrogens is 252 g/mol. The number of benzene rings is 2. The van der Waals surface area contributed by atoms with Crippen LogP contribution in [0.15, 0.2) is 46.9 Å². The molecule has 3 nitrogen and oxygen atoms in total. The van der Waals surface area contributed by atoms with E-state index in [1.807, 2.05) is 12.1 Å². The first kappa shape index (κ1) is 11.3. The van der Waals surface area contributed by atoms with Crippen molar-refractivity contribution in [1.29, 1.82) is 0 Å². The normalized spacial score (nSPS) is 13.0. The van der Waals surface area contributed by atoms with Crippen molar-refractivity contribution in [1.82, 2.24) is 0 Å². The molecule has 1 aliphatic rings. The van der Waals surface area contributed by atoms with E-state index in [9.17, 15) is 10.2 Å². The van der Waals surface area contributed by atoms with E-state index in [0.717, 1.165) is 35.1 Å². The summed E-state index contributed by atoms with van der Waals surface area (Å²) < 4.78 is 5.99. The second kappa shape index (κ2) is 3.97. The third kappa shape index (κ3) is 1.63. The lowest BCUT2D eigenvalue weighted by Gasteiger charge is -2.12. The highest BCUT2D eigenvalue weighted by atomic mass is 16.3. The fourth-order valence-electron chi connectivity index (χ4n) is 2.85. The summed E-state index contributed by atoms with van der Waals surface area (Å²) in [6.45, 7) is 0. The Bertz CT molecular complexity index is 837. The van der Waals surface area contributed by atoms with Gasteiger partial charge in [-0.15, -0.1) is 0 Å². The molecule has 4 rings (SSSR count). The van der Waals surface area contributed by atoms with Gasteiger partial charge in [-0.05, 0) is 54.8 Å². The van der Waals surface area contributed by atoms with E-state index in [2.05, 4.69) is 6.07 Å². The highest BCUT2D eigenvalue weighted by Gasteiger charge is 2.28. The molecule has 3 heteroatoms. The minimum absolute atomic E-state index is 0.197. The van der Waals surface area contributed by atoms with Crippen molar-refractivity contribution in [2.24, 2.45) is 0 Å². The molecule has 1 aliphatic carbocycles. The standard InChI is InChI=1S/C17H12O3/c18-13-5-6-15-10(8-13)1-2-12-7-11-3-4-14(19)9-16(11)20-17(12)15/h3-9H,1-2H2,(H-,18,19)/p+1. The molecule has 3 aromatic rings. The first-order valence-electron chi connectivity index (χ1n) is 6.62. The molecule has 0 bridgehead atoms. The lowest BCUT2D eigenvalue weighted by Crippen LogP contribution is -2.03. The molecular formula is C17H13O3+. The monoisotopic (exact) mass is 265 g/mol. The number of phenols is 2. The van der Waals surface area contributed by atoms with Gasteiger partial charge in [0.2, 0.25) is 0 Å². The van der Waals surface area contributed by atoms with Gasteiger partial charge in [-0.25, -0.2) is 4.42 Å². The molecule has 98 valence electrons. The first-order valence-corrected chi connectivity index (χ1v) is 6.62. The molecule has 0 atom stereocenters. The van der Waals surface area contributed by atoms with Gasteiger partial charge < -0.3 is 10.2 Å². The van der Waals surface area contributed by atoms with Crippen LogP contribution in [0.25, 0.3) is 22.3 Å². The molecule has 0 spiro atoms. The summed E-state index contributed by atoms with van der Waals surface area (Å²) in [5.74, 6) is 1.32. The topological polar surface area (TPSA) is 51.8 Å². The van der Waals surface area contributed by atoms with Gasteiger partial charge in [-0.1, -0.05) is 0 Å². The van der Waals surface area contributed by atoms with E-state index in [1.165, 1.54) is 5.56 Å². The molecule has 0 saturated heterocycles. The van der Waals surface area contributed by atoms with Gasteiger partial charge in [0.05, 0.1) is 22.6 Å². The van der Waals surface area contributed by atoms with E-state index in [1.54, 1.807) is 24.3 Å². The van der Waals surface area contributed by atoms with E-state index in [4.69, 9.17) is 4.42 Å². The number of fused-ring (bicyclic) bond motifs is 4. The number of aryl methyl sites for hydroxylation is 2. The molecule has 1 aromatic heterocycles. The molecule has 2 aromatic carbocycles. The molecule has 0 aliphatic heterocycles. The van der Waals surface area contributed by atoms with Gasteiger partial charge in [-0.2, -0.15) is 0 Å². The summed E-state index contributed by atoms with van der Waals surface area (Å²) in [7, 11) is 0. The lowest BCUT2D eigenvalue weighted by atomic mass is 9.89. The van der Waals surface area contributed by atoms with Crippen LogP contribution in [0.2, 0.25) is 0 Å². The Labute approximate surface area is 115 Å². The third-order valence-electron chi connectivity index (χ3n) is 3.83. The highest BCUT2D eigenvalue weighted by Crippen LogP contribution is 2.37. The maximum absolute atomic E-state index is 9.58. The quantitative estimate of drug-likeness (QED) is 0.606. The molecule has 0 radical (unpaired) electrons. The van der Waals surface area contributed by atoms with Gasteiger partial charge in [0, 0.05) is 0 Å². The van der Waals surface area contributed by atoms with Gasteiger partial charge >= 0.3 is 11.3 Å². The van der Waals surface area contributed by atoms with Crippen molar-refractivity contribution < 1.29 is 14.6 Å². The van der Waals surface area contributed by atoms with Crippen LogP contribution < -0.4 is 0 Å². The predicted octanol–water partition coefficient (Wildman–Crippen LogP) is 3.89. The second-order valence-corrected chi connectivity index (χ2v) is 5.16. The lowest BCUT2D eigenvalue weighted by molar-refractivity contribution is 0.474. The second-order valence-electron chi connectivity index (χ2n) is 5.16.